The maximum absolute atomic E-state index is 12.2. The first kappa shape index (κ1) is 15.8. The molecule has 0 bridgehead atoms. The van der Waals surface area contributed by atoms with Gasteiger partial charge in [-0.05, 0) is 37.6 Å². The Kier molecular flexibility index (Phi) is 3.86. The molecule has 0 N–H and O–H groups in total. The number of likely N-dealkylation sites (tertiary alicyclic amines) is 1. The van der Waals surface area contributed by atoms with Crippen LogP contribution in [0.25, 0.3) is 11.3 Å². The second-order valence-corrected chi connectivity index (χ2v) is 7.48. The molecule has 0 atom stereocenters. The Bertz CT molecular complexity index is 910. The van der Waals surface area contributed by atoms with Crippen molar-refractivity contribution in [1.82, 2.24) is 4.90 Å². The third-order valence-corrected chi connectivity index (χ3v) is 5.71. The average molecular weight is 347 g/mol. The number of para-hydroxylation sites is 1. The van der Waals surface area contributed by atoms with Gasteiger partial charge in [0.1, 0.15) is 12.4 Å². The number of hydrogen-bond acceptors (Lipinski definition) is 3. The smallest absolute Gasteiger partial charge is 0.264 e. The molecule has 4 nitrogen and oxygen atoms in total. The van der Waals surface area contributed by atoms with Gasteiger partial charge in [-0.15, -0.1) is 0 Å². The summed E-state index contributed by atoms with van der Waals surface area (Å²) in [6, 6.07) is 14.5. The summed E-state index contributed by atoms with van der Waals surface area (Å²) in [4.78, 5) is 14.8. The molecule has 3 aliphatic rings. The van der Waals surface area contributed by atoms with E-state index < -0.39 is 0 Å². The second kappa shape index (κ2) is 6.36. The lowest BCUT2D eigenvalue weighted by molar-refractivity contribution is -0.442. The first-order valence-corrected chi connectivity index (χ1v) is 9.54. The maximum atomic E-state index is 12.2. The summed E-state index contributed by atoms with van der Waals surface area (Å²) >= 11 is 0. The lowest BCUT2D eigenvalue weighted by Gasteiger charge is -2.26. The largest absolute Gasteiger partial charge is 0.488 e. The lowest BCUT2D eigenvalue weighted by atomic mass is 9.99. The van der Waals surface area contributed by atoms with E-state index in [0.29, 0.717) is 13.2 Å². The molecule has 0 spiro atoms. The van der Waals surface area contributed by atoms with Gasteiger partial charge >= 0.3 is 0 Å². The van der Waals surface area contributed by atoms with Crippen molar-refractivity contribution in [3.63, 3.8) is 0 Å². The molecular weight excluding hydrogens is 324 g/mol. The van der Waals surface area contributed by atoms with Crippen LogP contribution in [0.15, 0.2) is 42.5 Å². The molecule has 5 rings (SSSR count). The zero-order chi connectivity index (χ0) is 17.5. The Labute approximate surface area is 153 Å². The normalized spacial score (nSPS) is 22.2. The monoisotopic (exact) mass is 347 g/mol. The van der Waals surface area contributed by atoms with Crippen LogP contribution in [0.5, 0.6) is 0 Å². The minimum Gasteiger partial charge on any atom is -0.488 e. The lowest BCUT2D eigenvalue weighted by Crippen LogP contribution is -2.29. The summed E-state index contributed by atoms with van der Waals surface area (Å²) in [5, 5.41) is 0. The molecule has 4 heteroatoms. The number of benzene rings is 2. The Morgan fingerprint density at radius 3 is 2.73 bits per heavy atom. The third kappa shape index (κ3) is 2.65. The predicted octanol–water partition coefficient (Wildman–Crippen LogP) is 4.50. The number of hydrogen-bond donors (Lipinski definition) is 0. The quantitative estimate of drug-likeness (QED) is 0.750. The van der Waals surface area contributed by atoms with Crippen LogP contribution in [0.1, 0.15) is 41.5 Å². The SMILES string of the molecule is O=[N+]1CC(=C2OCc3cc(CN4CCCCC4)ccc32)c2ccccc21. The summed E-state index contributed by atoms with van der Waals surface area (Å²) in [5.41, 5.74) is 6.50. The van der Waals surface area contributed by atoms with Gasteiger partial charge in [0.05, 0.1) is 11.1 Å². The highest BCUT2D eigenvalue weighted by atomic mass is 16.5. The van der Waals surface area contributed by atoms with Crippen LogP contribution in [0, 0.1) is 4.91 Å². The van der Waals surface area contributed by atoms with Gasteiger partial charge in [0.15, 0.2) is 0 Å². The van der Waals surface area contributed by atoms with Crippen LogP contribution in [0.3, 0.4) is 0 Å². The summed E-state index contributed by atoms with van der Waals surface area (Å²) in [7, 11) is 0. The fourth-order valence-corrected chi connectivity index (χ4v) is 4.39. The van der Waals surface area contributed by atoms with Gasteiger partial charge in [0.25, 0.3) is 5.69 Å². The van der Waals surface area contributed by atoms with Crippen LogP contribution >= 0.6 is 0 Å². The van der Waals surface area contributed by atoms with Crippen molar-refractivity contribution in [2.75, 3.05) is 19.6 Å². The van der Waals surface area contributed by atoms with E-state index in [-0.39, 0.29) is 0 Å². The Morgan fingerprint density at radius 2 is 1.85 bits per heavy atom. The average Bonchev–Trinajstić information content (AvgIpc) is 3.24. The van der Waals surface area contributed by atoms with Crippen LogP contribution in [-0.4, -0.2) is 29.3 Å². The molecule has 2 aromatic carbocycles. The van der Waals surface area contributed by atoms with Crippen LogP contribution < -0.4 is 0 Å². The fraction of sp³-hybridized carbons (Fsp3) is 0.364. The molecule has 1 saturated heterocycles. The molecule has 0 saturated carbocycles. The first-order valence-electron chi connectivity index (χ1n) is 9.54. The van der Waals surface area contributed by atoms with Crippen molar-refractivity contribution in [1.29, 1.82) is 0 Å². The number of fused-ring (bicyclic) bond motifs is 2. The van der Waals surface area contributed by atoms with Gasteiger partial charge < -0.3 is 4.74 Å². The Balaban J connectivity index is 1.47. The van der Waals surface area contributed by atoms with Crippen molar-refractivity contribution in [2.45, 2.75) is 32.4 Å². The number of ether oxygens (including phenoxy) is 1. The number of rotatable bonds is 2. The van der Waals surface area contributed by atoms with Gasteiger partial charge in [0, 0.05) is 33.4 Å². The van der Waals surface area contributed by atoms with E-state index in [1.54, 1.807) is 0 Å². The van der Waals surface area contributed by atoms with E-state index in [1.165, 1.54) is 43.5 Å². The summed E-state index contributed by atoms with van der Waals surface area (Å²) < 4.78 is 7.12. The third-order valence-electron chi connectivity index (χ3n) is 5.71. The summed E-state index contributed by atoms with van der Waals surface area (Å²) in [6.45, 7) is 4.40. The minimum absolute atomic E-state index is 0.365. The molecule has 0 unspecified atom stereocenters. The molecule has 0 aromatic heterocycles. The van der Waals surface area contributed by atoms with Gasteiger partial charge in [-0.3, -0.25) is 4.90 Å². The molecular formula is C22H23N2O2+. The number of nitroso groups, excluding NO2 is 1. The molecule has 0 radical (unpaired) electrons. The molecule has 0 amide bonds. The van der Waals surface area contributed by atoms with E-state index >= 15 is 0 Å². The van der Waals surface area contributed by atoms with Crippen LogP contribution in [0.2, 0.25) is 0 Å². The highest BCUT2D eigenvalue weighted by Crippen LogP contribution is 2.42. The van der Waals surface area contributed by atoms with Crippen molar-refractivity contribution >= 4 is 17.0 Å². The van der Waals surface area contributed by atoms with Gasteiger partial charge in [-0.2, -0.15) is 0 Å². The van der Waals surface area contributed by atoms with Crippen molar-refractivity contribution in [3.8, 4) is 0 Å². The van der Waals surface area contributed by atoms with E-state index in [4.69, 9.17) is 4.74 Å². The highest BCUT2D eigenvalue weighted by Gasteiger charge is 2.36. The van der Waals surface area contributed by atoms with Gasteiger partial charge in [-0.25, -0.2) is 0 Å². The molecule has 3 aliphatic heterocycles. The van der Waals surface area contributed by atoms with Crippen molar-refractivity contribution in [3.05, 3.63) is 69.6 Å². The molecule has 3 heterocycles. The van der Waals surface area contributed by atoms with Gasteiger partial charge in [-0.1, -0.05) is 36.8 Å². The minimum atomic E-state index is 0.365. The standard InChI is InChI=1S/C22H23N2O2/c25-24-14-20(19-6-2-3-7-21(19)24)22-18-9-8-16(12-17(18)15-26-22)13-23-10-4-1-5-11-23/h2-3,6-9,12H,1,4-5,10-11,13-15H2/q+1. The van der Waals surface area contributed by atoms with E-state index in [1.807, 2.05) is 24.3 Å². The molecule has 26 heavy (non-hydrogen) atoms. The molecule has 132 valence electrons. The number of nitrogens with zero attached hydrogens (tertiary/aromatic N) is 2. The van der Waals surface area contributed by atoms with Crippen molar-refractivity contribution < 1.29 is 9.50 Å². The Morgan fingerprint density at radius 1 is 1.00 bits per heavy atom. The Hall–Kier alpha value is -2.46. The predicted molar refractivity (Wildman–Crippen MR) is 102 cm³/mol. The molecule has 2 aromatic rings. The maximum Gasteiger partial charge on any atom is 0.264 e. The van der Waals surface area contributed by atoms with E-state index in [2.05, 4.69) is 23.1 Å². The highest BCUT2D eigenvalue weighted by molar-refractivity contribution is 5.94. The molecule has 1 fully saturated rings. The first-order chi connectivity index (χ1) is 12.8. The van der Waals surface area contributed by atoms with E-state index in [0.717, 1.165) is 39.5 Å². The fourth-order valence-electron chi connectivity index (χ4n) is 4.39. The van der Waals surface area contributed by atoms with Gasteiger partial charge in [0.2, 0.25) is 6.54 Å². The van der Waals surface area contributed by atoms with Crippen molar-refractivity contribution in [2.24, 2.45) is 0 Å². The van der Waals surface area contributed by atoms with Crippen LogP contribution in [0.4, 0.5) is 5.69 Å². The summed E-state index contributed by atoms with van der Waals surface area (Å²) in [5.74, 6) is 0.885. The van der Waals surface area contributed by atoms with Crippen LogP contribution in [-0.2, 0) is 17.9 Å². The second-order valence-electron chi connectivity index (χ2n) is 7.48. The topological polar surface area (TPSA) is 32.5 Å². The zero-order valence-electron chi connectivity index (χ0n) is 14.9. The number of piperidine rings is 1. The molecule has 0 aliphatic carbocycles. The van der Waals surface area contributed by atoms with E-state index in [9.17, 15) is 4.91 Å². The zero-order valence-corrected chi connectivity index (χ0v) is 14.9. The summed E-state index contributed by atoms with van der Waals surface area (Å²) in [6.07, 6.45) is 3.99.